The van der Waals surface area contributed by atoms with Crippen molar-refractivity contribution in [3.63, 3.8) is 0 Å². The molecule has 1 saturated heterocycles. The maximum absolute atomic E-state index is 13.8. The summed E-state index contributed by atoms with van der Waals surface area (Å²) in [5, 5.41) is 48.5. The Morgan fingerprint density at radius 1 is 1.38 bits per heavy atom. The van der Waals surface area contributed by atoms with Gasteiger partial charge in [-0.2, -0.15) is 0 Å². The number of nitro groups is 1. The molecule has 0 aromatic carbocycles. The number of ether oxygens (including phenoxy) is 2. The third kappa shape index (κ3) is 4.23. The van der Waals surface area contributed by atoms with Crippen molar-refractivity contribution in [3.8, 4) is 0 Å². The first-order chi connectivity index (χ1) is 11.3. The van der Waals surface area contributed by atoms with Crippen LogP contribution in [0.15, 0.2) is 12.4 Å². The molecule has 136 valence electrons. The molecule has 1 aliphatic heterocycles. The number of hydrogen-bond donors (Lipinski definition) is 4. The van der Waals surface area contributed by atoms with Crippen LogP contribution in [-0.2, 0) is 16.0 Å². The molecule has 2 heterocycles. The lowest BCUT2D eigenvalue weighted by molar-refractivity contribution is -0.396. The van der Waals surface area contributed by atoms with Crippen LogP contribution in [0.4, 0.5) is 10.3 Å². The molecule has 12 heteroatoms. The lowest BCUT2D eigenvalue weighted by Crippen LogP contribution is -2.58. The van der Waals surface area contributed by atoms with Gasteiger partial charge in [-0.05, 0) is 4.92 Å². The second-order valence-electron chi connectivity index (χ2n) is 5.31. The van der Waals surface area contributed by atoms with Gasteiger partial charge in [0, 0.05) is 0 Å². The van der Waals surface area contributed by atoms with Crippen molar-refractivity contribution in [2.45, 2.75) is 43.4 Å². The first-order valence-corrected chi connectivity index (χ1v) is 7.06. The highest BCUT2D eigenvalue weighted by Crippen LogP contribution is 2.20. The van der Waals surface area contributed by atoms with E-state index in [1.54, 1.807) is 0 Å². The number of aliphatic hydroxyl groups is 4. The SMILES string of the molecule is O=[N+]([O-])c1nccn1CC(F)COC[C@H]1OC(O)[C@H](O)[C@@H](O)[C@@H]1O. The second kappa shape index (κ2) is 7.92. The highest BCUT2D eigenvalue weighted by Gasteiger charge is 2.43. The van der Waals surface area contributed by atoms with E-state index in [1.807, 2.05) is 0 Å². The van der Waals surface area contributed by atoms with Crippen molar-refractivity contribution in [2.24, 2.45) is 0 Å². The van der Waals surface area contributed by atoms with Crippen LogP contribution in [0.1, 0.15) is 0 Å². The summed E-state index contributed by atoms with van der Waals surface area (Å²) in [6.45, 7) is -1.17. The van der Waals surface area contributed by atoms with E-state index in [2.05, 4.69) is 4.98 Å². The van der Waals surface area contributed by atoms with Gasteiger partial charge in [0.2, 0.25) is 0 Å². The molecule has 0 aliphatic carbocycles. The number of alkyl halides is 1. The number of aliphatic hydroxyl groups excluding tert-OH is 4. The molecule has 24 heavy (non-hydrogen) atoms. The minimum absolute atomic E-state index is 0.353. The van der Waals surface area contributed by atoms with Crippen molar-refractivity contribution < 1.29 is 39.2 Å². The Morgan fingerprint density at radius 3 is 2.75 bits per heavy atom. The van der Waals surface area contributed by atoms with E-state index in [9.17, 15) is 34.9 Å². The number of nitrogens with zero attached hydrogens (tertiary/aromatic N) is 3. The fraction of sp³-hybridized carbons (Fsp3) is 0.750. The summed E-state index contributed by atoms with van der Waals surface area (Å²) < 4.78 is 24.7. The molecule has 2 rings (SSSR count). The molecule has 11 nitrogen and oxygen atoms in total. The number of hydrogen-bond acceptors (Lipinski definition) is 9. The van der Waals surface area contributed by atoms with E-state index in [0.29, 0.717) is 0 Å². The number of imidazole rings is 1. The van der Waals surface area contributed by atoms with Gasteiger partial charge < -0.3 is 40.0 Å². The number of aromatic nitrogens is 2. The standard InChI is InChI=1S/C12H18FN3O8/c13-6(3-15-2-1-14-12(15)16(21)22)4-23-5-7-8(17)9(18)10(19)11(20)24-7/h1-2,6-11,17-20H,3-5H2/t6?,7-,8-,9+,10-,11?/m1/s1. The second-order valence-corrected chi connectivity index (χ2v) is 5.31. The Kier molecular flexibility index (Phi) is 6.15. The van der Waals surface area contributed by atoms with Gasteiger partial charge in [0.15, 0.2) is 12.5 Å². The quantitative estimate of drug-likeness (QED) is 0.320. The van der Waals surface area contributed by atoms with E-state index >= 15 is 0 Å². The number of halogens is 1. The zero-order valence-electron chi connectivity index (χ0n) is 12.4. The average Bonchev–Trinajstić information content (AvgIpc) is 2.98. The topological polar surface area (TPSA) is 160 Å². The number of rotatable bonds is 7. The van der Waals surface area contributed by atoms with Gasteiger partial charge in [0.1, 0.15) is 43.4 Å². The maximum atomic E-state index is 13.8. The van der Waals surface area contributed by atoms with E-state index < -0.39 is 54.4 Å². The summed E-state index contributed by atoms with van der Waals surface area (Å²) >= 11 is 0. The molecule has 1 fully saturated rings. The third-order valence-corrected chi connectivity index (χ3v) is 3.52. The Morgan fingerprint density at radius 2 is 2.08 bits per heavy atom. The smallest absolute Gasteiger partial charge is 0.390 e. The van der Waals surface area contributed by atoms with Crippen LogP contribution in [0.3, 0.4) is 0 Å². The molecule has 0 saturated carbocycles. The molecule has 6 atom stereocenters. The molecule has 0 radical (unpaired) electrons. The highest BCUT2D eigenvalue weighted by atomic mass is 19.1. The van der Waals surface area contributed by atoms with Crippen LogP contribution in [0, 0.1) is 10.1 Å². The van der Waals surface area contributed by atoms with Crippen molar-refractivity contribution in [2.75, 3.05) is 13.2 Å². The molecule has 1 aromatic heterocycles. The fourth-order valence-electron chi connectivity index (χ4n) is 2.26. The summed E-state index contributed by atoms with van der Waals surface area (Å²) in [6.07, 6.45) is -6.84. The van der Waals surface area contributed by atoms with Gasteiger partial charge in [0.25, 0.3) is 0 Å². The summed E-state index contributed by atoms with van der Waals surface area (Å²) in [4.78, 5) is 13.4. The van der Waals surface area contributed by atoms with Crippen LogP contribution in [-0.4, -0.2) is 85.0 Å². The maximum Gasteiger partial charge on any atom is 0.434 e. The normalized spacial score (nSPS) is 31.8. The Hall–Kier alpha value is -1.70. The molecule has 1 aliphatic rings. The largest absolute Gasteiger partial charge is 0.434 e. The molecule has 0 amide bonds. The Balaban J connectivity index is 1.79. The van der Waals surface area contributed by atoms with Gasteiger partial charge in [-0.1, -0.05) is 4.98 Å². The van der Waals surface area contributed by atoms with Crippen LogP contribution < -0.4 is 0 Å². The predicted octanol–water partition coefficient (Wildman–Crippen LogP) is -2.05. The Bertz CT molecular complexity index is 558. The molecule has 0 bridgehead atoms. The summed E-state index contributed by atoms with van der Waals surface area (Å²) in [5.74, 6) is -0.496. The molecule has 1 aromatic rings. The Labute approximate surface area is 135 Å². The summed E-state index contributed by atoms with van der Waals surface area (Å²) in [7, 11) is 0. The summed E-state index contributed by atoms with van der Waals surface area (Å²) in [6, 6.07) is 0. The van der Waals surface area contributed by atoms with Gasteiger partial charge >= 0.3 is 5.95 Å². The van der Waals surface area contributed by atoms with E-state index in [-0.39, 0.29) is 13.2 Å². The minimum atomic E-state index is -1.70. The molecule has 2 unspecified atom stereocenters. The van der Waals surface area contributed by atoms with Crippen molar-refractivity contribution in [1.82, 2.24) is 9.55 Å². The lowest BCUT2D eigenvalue weighted by Gasteiger charge is -2.38. The first-order valence-electron chi connectivity index (χ1n) is 7.06. The van der Waals surface area contributed by atoms with Crippen LogP contribution in [0.5, 0.6) is 0 Å². The molecular weight excluding hydrogens is 333 g/mol. The monoisotopic (exact) mass is 351 g/mol. The van der Waals surface area contributed by atoms with Gasteiger partial charge in [-0.15, -0.1) is 0 Å². The van der Waals surface area contributed by atoms with Crippen molar-refractivity contribution >= 4 is 5.95 Å². The van der Waals surface area contributed by atoms with Crippen LogP contribution in [0.2, 0.25) is 0 Å². The average molecular weight is 351 g/mol. The lowest BCUT2D eigenvalue weighted by atomic mass is 9.99. The van der Waals surface area contributed by atoms with Crippen LogP contribution >= 0.6 is 0 Å². The predicted molar refractivity (Wildman–Crippen MR) is 73.5 cm³/mol. The van der Waals surface area contributed by atoms with Gasteiger partial charge in [-0.3, -0.25) is 0 Å². The van der Waals surface area contributed by atoms with Gasteiger partial charge in [-0.25, -0.2) is 8.96 Å². The molecule has 0 spiro atoms. The fourth-order valence-corrected chi connectivity index (χ4v) is 2.26. The minimum Gasteiger partial charge on any atom is -0.390 e. The molecule has 4 N–H and O–H groups in total. The summed E-state index contributed by atoms with van der Waals surface area (Å²) in [5.41, 5.74) is 0. The van der Waals surface area contributed by atoms with Gasteiger partial charge in [0.05, 0.1) is 13.2 Å². The van der Waals surface area contributed by atoms with E-state index in [0.717, 1.165) is 4.57 Å². The van der Waals surface area contributed by atoms with Crippen LogP contribution in [0.25, 0.3) is 0 Å². The third-order valence-electron chi connectivity index (χ3n) is 3.52. The van der Waals surface area contributed by atoms with E-state index in [1.165, 1.54) is 12.4 Å². The van der Waals surface area contributed by atoms with Crippen molar-refractivity contribution in [1.29, 1.82) is 0 Å². The molecular formula is C12H18FN3O8. The van der Waals surface area contributed by atoms with Crippen molar-refractivity contribution in [3.05, 3.63) is 22.5 Å². The zero-order valence-corrected chi connectivity index (χ0v) is 12.4. The van der Waals surface area contributed by atoms with E-state index in [4.69, 9.17) is 9.47 Å². The zero-order chi connectivity index (χ0) is 17.9. The highest BCUT2D eigenvalue weighted by molar-refractivity contribution is 5.06. The first kappa shape index (κ1) is 18.6.